The molecule has 0 spiro atoms. The zero-order chi connectivity index (χ0) is 8.06. The van der Waals surface area contributed by atoms with Crippen LogP contribution in [-0.2, 0) is 9.53 Å². The van der Waals surface area contributed by atoms with Gasteiger partial charge in [-0.05, 0) is 0 Å². The Labute approximate surface area is 62.5 Å². The van der Waals surface area contributed by atoms with E-state index in [2.05, 4.69) is 4.74 Å². The highest BCUT2D eigenvalue weighted by atomic mass is 19.3. The van der Waals surface area contributed by atoms with Gasteiger partial charge in [0.05, 0.1) is 12.5 Å². The van der Waals surface area contributed by atoms with E-state index in [-0.39, 0.29) is 25.4 Å². The molecule has 2 atom stereocenters. The first-order valence-corrected chi connectivity index (χ1v) is 3.63. The van der Waals surface area contributed by atoms with Crippen molar-refractivity contribution in [3.05, 3.63) is 0 Å². The summed E-state index contributed by atoms with van der Waals surface area (Å²) in [7, 11) is 0. The van der Waals surface area contributed by atoms with Crippen molar-refractivity contribution in [2.75, 3.05) is 6.61 Å². The fraction of sp³-hybridized carbons (Fsp3) is 0.857. The molecule has 11 heavy (non-hydrogen) atoms. The number of halogens is 2. The number of esters is 1. The quantitative estimate of drug-likeness (QED) is 0.500. The predicted octanol–water partition coefficient (Wildman–Crippen LogP) is 1.20. The second-order valence-corrected chi connectivity index (χ2v) is 3.26. The number of cyclic esters (lactones) is 1. The van der Waals surface area contributed by atoms with Crippen LogP contribution >= 0.6 is 0 Å². The van der Waals surface area contributed by atoms with E-state index in [0.717, 1.165) is 0 Å². The second-order valence-electron chi connectivity index (χ2n) is 3.26. The van der Waals surface area contributed by atoms with Crippen LogP contribution in [0.2, 0.25) is 0 Å². The molecule has 4 heteroatoms. The molecule has 2 nitrogen and oxygen atoms in total. The third kappa shape index (κ3) is 1.01. The van der Waals surface area contributed by atoms with Crippen molar-refractivity contribution in [3.8, 4) is 0 Å². The Morgan fingerprint density at radius 2 is 2.18 bits per heavy atom. The average Bonchev–Trinajstić information content (AvgIpc) is 2.31. The maximum Gasteiger partial charge on any atom is 0.309 e. The van der Waals surface area contributed by atoms with Gasteiger partial charge in [0, 0.05) is 18.8 Å². The first kappa shape index (κ1) is 7.00. The van der Waals surface area contributed by atoms with E-state index in [4.69, 9.17) is 0 Å². The molecule has 0 aromatic carbocycles. The minimum Gasteiger partial charge on any atom is -0.465 e. The fourth-order valence-electron chi connectivity index (χ4n) is 1.84. The molecule has 2 rings (SSSR count). The highest BCUT2D eigenvalue weighted by Gasteiger charge is 2.53. The van der Waals surface area contributed by atoms with Crippen molar-refractivity contribution < 1.29 is 18.3 Å². The van der Waals surface area contributed by atoms with E-state index in [9.17, 15) is 13.6 Å². The van der Waals surface area contributed by atoms with Gasteiger partial charge < -0.3 is 4.74 Å². The Bertz CT molecular complexity index is 203. The molecule has 0 radical (unpaired) electrons. The van der Waals surface area contributed by atoms with Gasteiger partial charge in [-0.15, -0.1) is 0 Å². The molecule has 0 N–H and O–H groups in total. The van der Waals surface area contributed by atoms with E-state index < -0.39 is 17.8 Å². The molecule has 62 valence electrons. The summed E-state index contributed by atoms with van der Waals surface area (Å²) < 4.78 is 29.9. The number of hydrogen-bond acceptors (Lipinski definition) is 2. The normalized spacial score (nSPS) is 40.4. The molecule has 2 aliphatic rings. The van der Waals surface area contributed by atoms with Crippen molar-refractivity contribution in [2.24, 2.45) is 11.8 Å². The van der Waals surface area contributed by atoms with Gasteiger partial charge in [-0.1, -0.05) is 0 Å². The van der Waals surface area contributed by atoms with Crippen LogP contribution in [0.5, 0.6) is 0 Å². The summed E-state index contributed by atoms with van der Waals surface area (Å²) in [4.78, 5) is 10.8. The van der Waals surface area contributed by atoms with Gasteiger partial charge >= 0.3 is 5.97 Å². The predicted molar refractivity (Wildman–Crippen MR) is 32.1 cm³/mol. The van der Waals surface area contributed by atoms with Gasteiger partial charge in [-0.25, -0.2) is 8.78 Å². The minimum atomic E-state index is -2.63. The maximum absolute atomic E-state index is 12.6. The lowest BCUT2D eigenvalue weighted by molar-refractivity contribution is -0.143. The lowest BCUT2D eigenvalue weighted by atomic mass is 10.0. The van der Waals surface area contributed by atoms with Crippen LogP contribution in [0.25, 0.3) is 0 Å². The highest BCUT2D eigenvalue weighted by molar-refractivity contribution is 5.75. The third-order valence-corrected chi connectivity index (χ3v) is 2.39. The number of hydrogen-bond donors (Lipinski definition) is 0. The largest absolute Gasteiger partial charge is 0.465 e. The zero-order valence-electron chi connectivity index (χ0n) is 5.85. The molecule has 0 aromatic rings. The highest BCUT2D eigenvalue weighted by Crippen LogP contribution is 2.46. The molecule has 1 saturated carbocycles. The molecule has 1 aliphatic carbocycles. The average molecular weight is 162 g/mol. The van der Waals surface area contributed by atoms with Crippen molar-refractivity contribution >= 4 is 5.97 Å². The monoisotopic (exact) mass is 162 g/mol. The topological polar surface area (TPSA) is 26.3 Å². The molecule has 2 unspecified atom stereocenters. The van der Waals surface area contributed by atoms with Crippen molar-refractivity contribution in [1.82, 2.24) is 0 Å². The smallest absolute Gasteiger partial charge is 0.309 e. The van der Waals surface area contributed by atoms with Crippen molar-refractivity contribution in [2.45, 2.75) is 18.8 Å². The molecular weight excluding hydrogens is 154 g/mol. The van der Waals surface area contributed by atoms with Gasteiger partial charge in [0.15, 0.2) is 0 Å². The molecule has 1 aliphatic heterocycles. The van der Waals surface area contributed by atoms with Gasteiger partial charge in [0.2, 0.25) is 5.92 Å². The Morgan fingerprint density at radius 3 is 2.82 bits per heavy atom. The molecule has 1 heterocycles. The number of carbonyl (C=O) groups excluding carboxylic acids is 1. The number of fused-ring (bicyclic) bond motifs is 1. The molecule has 0 bridgehead atoms. The molecule has 0 aromatic heterocycles. The van der Waals surface area contributed by atoms with Gasteiger partial charge in [-0.3, -0.25) is 4.79 Å². The standard InChI is InChI=1S/C7H8F2O2/c8-7(9)1-4-3-11-6(10)5(4)2-7/h4-5H,1-3H2. The molecule has 1 saturated heterocycles. The SMILES string of the molecule is O=C1OCC2CC(F)(F)CC12. The Morgan fingerprint density at radius 1 is 1.45 bits per heavy atom. The summed E-state index contributed by atoms with van der Waals surface area (Å²) in [5, 5.41) is 0. The van der Waals surface area contributed by atoms with E-state index >= 15 is 0 Å². The van der Waals surface area contributed by atoms with E-state index in [1.807, 2.05) is 0 Å². The summed E-state index contributed by atoms with van der Waals surface area (Å²) in [5.74, 6) is -3.82. The van der Waals surface area contributed by atoms with Crippen LogP contribution in [0.15, 0.2) is 0 Å². The van der Waals surface area contributed by atoms with Crippen LogP contribution in [0.4, 0.5) is 8.78 Å². The molecule has 0 amide bonds. The van der Waals surface area contributed by atoms with Crippen LogP contribution in [0, 0.1) is 11.8 Å². The number of rotatable bonds is 0. The summed E-state index contributed by atoms with van der Waals surface area (Å²) in [6, 6.07) is 0. The number of ether oxygens (including phenoxy) is 1. The van der Waals surface area contributed by atoms with Crippen LogP contribution in [0.1, 0.15) is 12.8 Å². The van der Waals surface area contributed by atoms with Gasteiger partial charge in [0.25, 0.3) is 0 Å². The van der Waals surface area contributed by atoms with Crippen LogP contribution in [-0.4, -0.2) is 18.5 Å². The Balaban J connectivity index is 2.16. The second kappa shape index (κ2) is 1.93. The Hall–Kier alpha value is -0.670. The van der Waals surface area contributed by atoms with Crippen LogP contribution in [0.3, 0.4) is 0 Å². The van der Waals surface area contributed by atoms with E-state index in [1.165, 1.54) is 0 Å². The number of alkyl halides is 2. The zero-order valence-corrected chi connectivity index (χ0v) is 5.85. The molecule has 2 fully saturated rings. The first-order chi connectivity index (χ1) is 5.08. The summed E-state index contributed by atoms with van der Waals surface area (Å²) in [6.07, 6.45) is -0.486. The first-order valence-electron chi connectivity index (χ1n) is 3.63. The minimum absolute atomic E-state index is 0.177. The maximum atomic E-state index is 12.6. The summed E-state index contributed by atoms with van der Waals surface area (Å²) in [6.45, 7) is 0.194. The number of carbonyl (C=O) groups is 1. The van der Waals surface area contributed by atoms with Crippen LogP contribution < -0.4 is 0 Å². The summed E-state index contributed by atoms with van der Waals surface area (Å²) in [5.41, 5.74) is 0. The lowest BCUT2D eigenvalue weighted by Crippen LogP contribution is -2.14. The van der Waals surface area contributed by atoms with E-state index in [0.29, 0.717) is 0 Å². The molecular formula is C7H8F2O2. The Kier molecular flexibility index (Phi) is 1.23. The van der Waals surface area contributed by atoms with Crippen molar-refractivity contribution in [3.63, 3.8) is 0 Å². The lowest BCUT2D eigenvalue weighted by Gasteiger charge is -2.07. The van der Waals surface area contributed by atoms with Gasteiger partial charge in [0.1, 0.15) is 0 Å². The third-order valence-electron chi connectivity index (χ3n) is 2.39. The fourth-order valence-corrected chi connectivity index (χ4v) is 1.84. The summed E-state index contributed by atoms with van der Waals surface area (Å²) >= 11 is 0. The van der Waals surface area contributed by atoms with Gasteiger partial charge in [-0.2, -0.15) is 0 Å². The van der Waals surface area contributed by atoms with E-state index in [1.54, 1.807) is 0 Å². The van der Waals surface area contributed by atoms with Crippen molar-refractivity contribution in [1.29, 1.82) is 0 Å².